The zero-order valence-electron chi connectivity index (χ0n) is 11.0. The zero-order chi connectivity index (χ0) is 13.9. The Hall–Kier alpha value is -1.91. The second-order valence-electron chi connectivity index (χ2n) is 4.81. The van der Waals surface area contributed by atoms with Gasteiger partial charge in [-0.15, -0.1) is 0 Å². The van der Waals surface area contributed by atoms with E-state index in [-0.39, 0.29) is 0 Å². The second kappa shape index (κ2) is 5.16. The minimum absolute atomic E-state index is 0.430. The molecular weight excluding hydrogens is 234 g/mol. The van der Waals surface area contributed by atoms with Crippen molar-refractivity contribution in [3.05, 3.63) is 45.5 Å². The van der Waals surface area contributed by atoms with Crippen molar-refractivity contribution in [3.8, 4) is 0 Å². The van der Waals surface area contributed by atoms with Gasteiger partial charge in [0.15, 0.2) is 6.10 Å². The number of nitrogens with zero attached hydrogens (tertiary/aromatic N) is 1. The quantitative estimate of drug-likeness (QED) is 0.468. The average molecular weight is 251 g/mol. The molecule has 0 heterocycles. The molecule has 0 aliphatic rings. The summed E-state index contributed by atoms with van der Waals surface area (Å²) < 4.78 is 5.12. The number of hydrogen-bond acceptors (Lipinski definition) is 4. The molecule has 0 spiro atoms. The predicted octanol–water partition coefficient (Wildman–Crippen LogP) is 2.65. The largest absolute Gasteiger partial charge is 0.450 e. The molecule has 1 aromatic carbocycles. The molecule has 18 heavy (non-hydrogen) atoms. The Labute approximate surface area is 106 Å². The first-order chi connectivity index (χ1) is 8.25. The third-order valence-corrected chi connectivity index (χ3v) is 2.78. The van der Waals surface area contributed by atoms with Gasteiger partial charge in [-0.05, 0) is 12.5 Å². The third kappa shape index (κ3) is 3.06. The highest BCUT2D eigenvalue weighted by Crippen LogP contribution is 2.32. The van der Waals surface area contributed by atoms with Gasteiger partial charge in [0, 0.05) is 25.7 Å². The van der Waals surface area contributed by atoms with Gasteiger partial charge >= 0.3 is 5.97 Å². The van der Waals surface area contributed by atoms with Crippen molar-refractivity contribution in [2.45, 2.75) is 39.3 Å². The van der Waals surface area contributed by atoms with Crippen LogP contribution in [0.15, 0.2) is 24.3 Å². The summed E-state index contributed by atoms with van der Waals surface area (Å²) in [4.78, 5) is 21.8. The van der Waals surface area contributed by atoms with Crippen LogP contribution in [0.2, 0.25) is 0 Å². The predicted molar refractivity (Wildman–Crippen MR) is 66.8 cm³/mol. The maximum atomic E-state index is 11.1. The number of hydrogen-bond donors (Lipinski definition) is 0. The van der Waals surface area contributed by atoms with Crippen LogP contribution in [-0.2, 0) is 9.53 Å². The minimum Gasteiger partial charge on any atom is -0.450 e. The number of nitro groups is 1. The molecule has 5 nitrogen and oxygen atoms in total. The zero-order valence-corrected chi connectivity index (χ0v) is 11.0. The Bertz CT molecular complexity index is 451. The smallest absolute Gasteiger partial charge is 0.303 e. The Morgan fingerprint density at radius 1 is 1.33 bits per heavy atom. The summed E-state index contributed by atoms with van der Waals surface area (Å²) in [5, 5.41) is 11.1. The van der Waals surface area contributed by atoms with E-state index < -0.39 is 22.5 Å². The van der Waals surface area contributed by atoms with Gasteiger partial charge in [-0.25, -0.2) is 0 Å². The van der Waals surface area contributed by atoms with Crippen molar-refractivity contribution in [2.24, 2.45) is 0 Å². The summed E-state index contributed by atoms with van der Waals surface area (Å²) in [7, 11) is 0. The summed E-state index contributed by atoms with van der Waals surface area (Å²) in [5.74, 6) is -0.532. The Morgan fingerprint density at radius 3 is 2.22 bits per heavy atom. The van der Waals surface area contributed by atoms with Crippen LogP contribution >= 0.6 is 0 Å². The van der Waals surface area contributed by atoms with Crippen LogP contribution in [0.3, 0.4) is 0 Å². The lowest BCUT2D eigenvalue weighted by molar-refractivity contribution is -0.574. The highest BCUT2D eigenvalue weighted by atomic mass is 16.6. The van der Waals surface area contributed by atoms with Crippen molar-refractivity contribution in [1.82, 2.24) is 0 Å². The van der Waals surface area contributed by atoms with E-state index in [1.54, 1.807) is 12.1 Å². The summed E-state index contributed by atoms with van der Waals surface area (Å²) in [6, 6.07) is 7.16. The number of aryl methyl sites for hydroxylation is 1. The van der Waals surface area contributed by atoms with E-state index in [2.05, 4.69) is 0 Å². The SMILES string of the molecule is CC(=O)O[C@H](c1ccc(C)cc1)C(C)(C)[N+](=O)[O-]. The molecule has 0 radical (unpaired) electrons. The normalized spacial score (nSPS) is 12.9. The lowest BCUT2D eigenvalue weighted by Gasteiger charge is -2.26. The fraction of sp³-hybridized carbons (Fsp3) is 0.462. The van der Waals surface area contributed by atoms with E-state index in [0.717, 1.165) is 5.56 Å². The minimum atomic E-state index is -1.37. The van der Waals surface area contributed by atoms with Crippen LogP contribution in [0, 0.1) is 17.0 Å². The van der Waals surface area contributed by atoms with Gasteiger partial charge in [-0.3, -0.25) is 14.9 Å². The average Bonchev–Trinajstić information content (AvgIpc) is 2.26. The van der Waals surface area contributed by atoms with Crippen LogP contribution in [0.5, 0.6) is 0 Å². The van der Waals surface area contributed by atoms with Crippen molar-refractivity contribution < 1.29 is 14.5 Å². The van der Waals surface area contributed by atoms with Gasteiger partial charge in [0.1, 0.15) is 0 Å². The molecule has 1 rings (SSSR count). The van der Waals surface area contributed by atoms with Crippen LogP contribution in [-0.4, -0.2) is 16.4 Å². The number of ether oxygens (including phenoxy) is 1. The first-order valence-electron chi connectivity index (χ1n) is 5.63. The molecule has 0 N–H and O–H groups in total. The molecule has 0 aliphatic heterocycles. The van der Waals surface area contributed by atoms with Crippen LogP contribution in [0.25, 0.3) is 0 Å². The van der Waals surface area contributed by atoms with Gasteiger partial charge in [-0.2, -0.15) is 0 Å². The highest BCUT2D eigenvalue weighted by Gasteiger charge is 2.44. The van der Waals surface area contributed by atoms with Crippen LogP contribution in [0.1, 0.15) is 38.0 Å². The molecule has 0 bridgehead atoms. The van der Waals surface area contributed by atoms with E-state index in [4.69, 9.17) is 4.74 Å². The topological polar surface area (TPSA) is 69.4 Å². The van der Waals surface area contributed by atoms with E-state index in [0.29, 0.717) is 5.56 Å². The number of benzene rings is 1. The fourth-order valence-electron chi connectivity index (χ4n) is 1.62. The Kier molecular flexibility index (Phi) is 4.06. The highest BCUT2D eigenvalue weighted by molar-refractivity contribution is 5.66. The molecule has 0 fully saturated rings. The monoisotopic (exact) mass is 251 g/mol. The summed E-state index contributed by atoms with van der Waals surface area (Å²) in [5.41, 5.74) is 0.290. The van der Waals surface area contributed by atoms with Crippen LogP contribution in [0.4, 0.5) is 0 Å². The summed E-state index contributed by atoms with van der Waals surface area (Å²) in [6.07, 6.45) is -0.898. The molecule has 1 atom stereocenters. The number of rotatable bonds is 4. The van der Waals surface area contributed by atoms with Gasteiger partial charge in [-0.1, -0.05) is 29.8 Å². The molecule has 5 heteroatoms. The van der Waals surface area contributed by atoms with E-state index in [9.17, 15) is 14.9 Å². The molecule has 0 unspecified atom stereocenters. The van der Waals surface area contributed by atoms with Crippen LogP contribution < -0.4 is 0 Å². The fourth-order valence-corrected chi connectivity index (χ4v) is 1.62. The third-order valence-electron chi connectivity index (χ3n) is 2.78. The first kappa shape index (κ1) is 14.2. The lowest BCUT2D eigenvalue weighted by atomic mass is 9.91. The van der Waals surface area contributed by atoms with E-state index in [1.807, 2.05) is 19.1 Å². The van der Waals surface area contributed by atoms with Gasteiger partial charge < -0.3 is 4.74 Å². The lowest BCUT2D eigenvalue weighted by Crippen LogP contribution is -2.40. The molecule has 1 aromatic rings. The van der Waals surface area contributed by atoms with Crippen molar-refractivity contribution in [3.63, 3.8) is 0 Å². The molecule has 0 aliphatic carbocycles. The molecule has 0 saturated heterocycles. The molecule has 0 aromatic heterocycles. The molecule has 98 valence electrons. The number of carbonyl (C=O) groups is 1. The number of esters is 1. The van der Waals surface area contributed by atoms with Crippen molar-refractivity contribution in [2.75, 3.05) is 0 Å². The standard InChI is InChI=1S/C13H17NO4/c1-9-5-7-11(8-6-9)12(18-10(2)15)13(3,4)14(16)17/h5-8,12H,1-4H3/t12-/m1/s1. The summed E-state index contributed by atoms with van der Waals surface area (Å²) >= 11 is 0. The number of carbonyl (C=O) groups excluding carboxylic acids is 1. The van der Waals surface area contributed by atoms with Gasteiger partial charge in [0.25, 0.3) is 5.54 Å². The van der Waals surface area contributed by atoms with Crippen molar-refractivity contribution in [1.29, 1.82) is 0 Å². The Balaban J connectivity index is 3.17. The van der Waals surface area contributed by atoms with E-state index in [1.165, 1.54) is 20.8 Å². The maximum Gasteiger partial charge on any atom is 0.303 e. The molecular formula is C13H17NO4. The summed E-state index contributed by atoms with van der Waals surface area (Å²) in [6.45, 7) is 6.06. The Morgan fingerprint density at radius 2 is 1.83 bits per heavy atom. The van der Waals surface area contributed by atoms with Gasteiger partial charge in [0.2, 0.25) is 0 Å². The van der Waals surface area contributed by atoms with Crippen molar-refractivity contribution >= 4 is 5.97 Å². The second-order valence-corrected chi connectivity index (χ2v) is 4.81. The van der Waals surface area contributed by atoms with Gasteiger partial charge in [0.05, 0.1) is 0 Å². The molecule has 0 amide bonds. The molecule has 0 saturated carbocycles. The van der Waals surface area contributed by atoms with E-state index >= 15 is 0 Å². The first-order valence-corrected chi connectivity index (χ1v) is 5.63. The maximum absolute atomic E-state index is 11.1.